The fourth-order valence-corrected chi connectivity index (χ4v) is 4.09. The molecule has 1 saturated carbocycles. The SMILES string of the molecule is CCSC1CCC(N2CNC(C(C)C)C2=O)C1. The van der Waals surface area contributed by atoms with Gasteiger partial charge in [-0.05, 0) is 30.9 Å². The molecule has 1 amide bonds. The minimum atomic E-state index is 0.0490. The first kappa shape index (κ1) is 13.2. The van der Waals surface area contributed by atoms with Crippen molar-refractivity contribution < 1.29 is 4.79 Å². The van der Waals surface area contributed by atoms with Gasteiger partial charge in [0.1, 0.15) is 0 Å². The second-order valence-corrected chi connectivity index (χ2v) is 7.01. The first-order valence-electron chi connectivity index (χ1n) is 6.79. The van der Waals surface area contributed by atoms with Crippen molar-refractivity contribution >= 4 is 17.7 Å². The molecule has 1 aliphatic heterocycles. The van der Waals surface area contributed by atoms with Crippen LogP contribution in [0.4, 0.5) is 0 Å². The summed E-state index contributed by atoms with van der Waals surface area (Å²) in [6.45, 7) is 7.21. The van der Waals surface area contributed by atoms with Gasteiger partial charge in [0.2, 0.25) is 5.91 Å². The number of nitrogens with zero attached hydrogens (tertiary/aromatic N) is 1. The fourth-order valence-electron chi connectivity index (χ4n) is 2.96. The van der Waals surface area contributed by atoms with E-state index in [1.807, 2.05) is 0 Å². The molecule has 3 unspecified atom stereocenters. The molecule has 1 heterocycles. The third-order valence-electron chi connectivity index (χ3n) is 3.90. The molecule has 98 valence electrons. The molecular weight excluding hydrogens is 232 g/mol. The molecule has 1 aliphatic carbocycles. The number of carbonyl (C=O) groups excluding carboxylic acids is 1. The number of carbonyl (C=O) groups is 1. The molecule has 4 heteroatoms. The number of thioether (sulfide) groups is 1. The second kappa shape index (κ2) is 5.61. The first-order valence-corrected chi connectivity index (χ1v) is 7.83. The van der Waals surface area contributed by atoms with E-state index < -0.39 is 0 Å². The number of rotatable bonds is 4. The summed E-state index contributed by atoms with van der Waals surface area (Å²) in [4.78, 5) is 14.3. The normalized spacial score (nSPS) is 34.0. The van der Waals surface area contributed by atoms with Crippen LogP contribution in [0.1, 0.15) is 40.0 Å². The molecule has 2 aliphatic rings. The van der Waals surface area contributed by atoms with E-state index in [1.165, 1.54) is 25.0 Å². The van der Waals surface area contributed by atoms with E-state index in [9.17, 15) is 4.79 Å². The molecule has 0 spiro atoms. The summed E-state index contributed by atoms with van der Waals surface area (Å²) in [5, 5.41) is 4.12. The summed E-state index contributed by atoms with van der Waals surface area (Å²) in [7, 11) is 0. The molecule has 3 nitrogen and oxygen atoms in total. The van der Waals surface area contributed by atoms with Crippen LogP contribution in [0.3, 0.4) is 0 Å². The predicted molar refractivity (Wildman–Crippen MR) is 73.0 cm³/mol. The minimum absolute atomic E-state index is 0.0490. The highest BCUT2D eigenvalue weighted by Gasteiger charge is 2.39. The van der Waals surface area contributed by atoms with Crippen LogP contribution in [0.15, 0.2) is 0 Å². The third-order valence-corrected chi connectivity index (χ3v) is 5.13. The average Bonchev–Trinajstić information content (AvgIpc) is 2.85. The topological polar surface area (TPSA) is 32.3 Å². The number of amides is 1. The van der Waals surface area contributed by atoms with E-state index in [0.717, 1.165) is 11.9 Å². The largest absolute Gasteiger partial charge is 0.326 e. The zero-order chi connectivity index (χ0) is 12.4. The zero-order valence-corrected chi connectivity index (χ0v) is 11.9. The van der Waals surface area contributed by atoms with Gasteiger partial charge in [0.15, 0.2) is 0 Å². The van der Waals surface area contributed by atoms with Crippen LogP contribution >= 0.6 is 11.8 Å². The van der Waals surface area contributed by atoms with E-state index in [1.54, 1.807) is 0 Å². The van der Waals surface area contributed by atoms with Crippen LogP contribution in [0.5, 0.6) is 0 Å². The summed E-state index contributed by atoms with van der Waals surface area (Å²) < 4.78 is 0. The molecule has 2 rings (SSSR count). The molecule has 17 heavy (non-hydrogen) atoms. The van der Waals surface area contributed by atoms with Crippen molar-refractivity contribution in [2.24, 2.45) is 5.92 Å². The quantitative estimate of drug-likeness (QED) is 0.836. The van der Waals surface area contributed by atoms with Crippen molar-refractivity contribution in [3.8, 4) is 0 Å². The van der Waals surface area contributed by atoms with Gasteiger partial charge in [-0.2, -0.15) is 11.8 Å². The van der Waals surface area contributed by atoms with Crippen LogP contribution in [0.2, 0.25) is 0 Å². The van der Waals surface area contributed by atoms with Crippen LogP contribution in [-0.4, -0.2) is 40.6 Å². The molecule has 0 aromatic rings. The van der Waals surface area contributed by atoms with E-state index in [-0.39, 0.29) is 6.04 Å². The Hall–Kier alpha value is -0.220. The summed E-state index contributed by atoms with van der Waals surface area (Å²) in [5.74, 6) is 1.92. The Balaban J connectivity index is 1.90. The lowest BCUT2D eigenvalue weighted by Crippen LogP contribution is -2.38. The predicted octanol–water partition coefficient (Wildman–Crippen LogP) is 2.07. The van der Waals surface area contributed by atoms with Gasteiger partial charge in [-0.15, -0.1) is 0 Å². The van der Waals surface area contributed by atoms with Crippen LogP contribution in [0.25, 0.3) is 0 Å². The van der Waals surface area contributed by atoms with Crippen molar-refractivity contribution in [1.82, 2.24) is 10.2 Å². The van der Waals surface area contributed by atoms with E-state index >= 15 is 0 Å². The average molecular weight is 256 g/mol. The molecule has 0 aromatic heterocycles. The Morgan fingerprint density at radius 3 is 2.82 bits per heavy atom. The van der Waals surface area contributed by atoms with Crippen molar-refractivity contribution in [1.29, 1.82) is 0 Å². The van der Waals surface area contributed by atoms with E-state index in [0.29, 0.717) is 17.9 Å². The van der Waals surface area contributed by atoms with Gasteiger partial charge < -0.3 is 4.90 Å². The smallest absolute Gasteiger partial charge is 0.241 e. The summed E-state index contributed by atoms with van der Waals surface area (Å²) in [5.41, 5.74) is 0. The van der Waals surface area contributed by atoms with Gasteiger partial charge in [0.25, 0.3) is 0 Å². The maximum Gasteiger partial charge on any atom is 0.241 e. The first-order chi connectivity index (χ1) is 8.13. The standard InChI is InChI=1S/C13H24N2OS/c1-4-17-11-6-5-10(7-11)15-8-14-12(9(2)3)13(15)16/h9-12,14H,4-8H2,1-3H3. The lowest BCUT2D eigenvalue weighted by Gasteiger charge is -2.24. The minimum Gasteiger partial charge on any atom is -0.326 e. The molecule has 0 bridgehead atoms. The van der Waals surface area contributed by atoms with Gasteiger partial charge in [-0.1, -0.05) is 20.8 Å². The van der Waals surface area contributed by atoms with Crippen LogP contribution < -0.4 is 5.32 Å². The van der Waals surface area contributed by atoms with Crippen molar-refractivity contribution in [3.63, 3.8) is 0 Å². The van der Waals surface area contributed by atoms with E-state index in [4.69, 9.17) is 0 Å². The molecule has 0 radical (unpaired) electrons. The lowest BCUT2D eigenvalue weighted by atomic mass is 10.0. The van der Waals surface area contributed by atoms with Gasteiger partial charge >= 0.3 is 0 Å². The maximum absolute atomic E-state index is 12.3. The summed E-state index contributed by atoms with van der Waals surface area (Å²) >= 11 is 2.05. The Labute approximate surface area is 109 Å². The Bertz CT molecular complexity index is 283. The van der Waals surface area contributed by atoms with Crippen molar-refractivity contribution in [2.75, 3.05) is 12.4 Å². The molecule has 3 atom stereocenters. The lowest BCUT2D eigenvalue weighted by molar-refractivity contribution is -0.131. The molecule has 0 aromatic carbocycles. The number of hydrogen-bond donors (Lipinski definition) is 1. The molecule has 1 N–H and O–H groups in total. The fraction of sp³-hybridized carbons (Fsp3) is 0.923. The Morgan fingerprint density at radius 2 is 2.24 bits per heavy atom. The second-order valence-electron chi connectivity index (χ2n) is 5.44. The number of nitrogens with one attached hydrogen (secondary N) is 1. The van der Waals surface area contributed by atoms with Crippen molar-refractivity contribution in [3.05, 3.63) is 0 Å². The van der Waals surface area contributed by atoms with Gasteiger partial charge in [0, 0.05) is 11.3 Å². The Kier molecular flexibility index (Phi) is 4.36. The zero-order valence-electron chi connectivity index (χ0n) is 11.1. The summed E-state index contributed by atoms with van der Waals surface area (Å²) in [6.07, 6.45) is 3.66. The van der Waals surface area contributed by atoms with E-state index in [2.05, 4.69) is 42.7 Å². The maximum atomic E-state index is 12.3. The Morgan fingerprint density at radius 1 is 1.47 bits per heavy atom. The summed E-state index contributed by atoms with van der Waals surface area (Å²) in [6, 6.07) is 0.538. The van der Waals surface area contributed by atoms with Crippen molar-refractivity contribution in [2.45, 2.75) is 57.4 Å². The van der Waals surface area contributed by atoms with Gasteiger partial charge in [-0.3, -0.25) is 10.1 Å². The van der Waals surface area contributed by atoms with Gasteiger partial charge in [-0.25, -0.2) is 0 Å². The molecule has 2 fully saturated rings. The van der Waals surface area contributed by atoms with Gasteiger partial charge in [0.05, 0.1) is 12.7 Å². The highest BCUT2D eigenvalue weighted by Crippen LogP contribution is 2.33. The molecular formula is C13H24N2OS. The highest BCUT2D eigenvalue weighted by atomic mass is 32.2. The van der Waals surface area contributed by atoms with Crippen LogP contribution in [-0.2, 0) is 4.79 Å². The third kappa shape index (κ3) is 2.79. The van der Waals surface area contributed by atoms with Crippen LogP contribution in [0, 0.1) is 5.92 Å². The number of hydrogen-bond acceptors (Lipinski definition) is 3. The highest BCUT2D eigenvalue weighted by molar-refractivity contribution is 7.99. The monoisotopic (exact) mass is 256 g/mol. The molecule has 1 saturated heterocycles.